The number of fused-ring (bicyclic) bond motifs is 3. The second kappa shape index (κ2) is 7.99. The highest BCUT2D eigenvalue weighted by atomic mass is 16.3. The van der Waals surface area contributed by atoms with Crippen molar-refractivity contribution in [2.75, 3.05) is 20.6 Å². The van der Waals surface area contributed by atoms with Crippen LogP contribution in [-0.4, -0.2) is 41.9 Å². The molecule has 3 aromatic rings. The first-order chi connectivity index (χ1) is 16.6. The Balaban J connectivity index is 1.43. The molecule has 0 N–H and O–H groups in total. The lowest BCUT2D eigenvalue weighted by atomic mass is 9.63. The molecule has 2 aromatic carbocycles. The molecular weight excluding hydrogens is 420 g/mol. The molecule has 1 fully saturated rings. The topological polar surface area (TPSA) is 36.7 Å². The van der Waals surface area contributed by atoms with E-state index < -0.39 is 0 Å². The molecule has 2 aliphatic carbocycles. The molecule has 0 atom stereocenters. The summed E-state index contributed by atoms with van der Waals surface area (Å²) in [5.41, 5.74) is 6.86. The van der Waals surface area contributed by atoms with Gasteiger partial charge in [0.25, 0.3) is 5.91 Å². The maximum Gasteiger partial charge on any atom is 0.290 e. The predicted molar refractivity (Wildman–Crippen MR) is 134 cm³/mol. The van der Waals surface area contributed by atoms with Crippen molar-refractivity contribution in [1.82, 2.24) is 9.80 Å². The Morgan fingerprint density at radius 3 is 2.35 bits per heavy atom. The van der Waals surface area contributed by atoms with Crippen LogP contribution in [0.15, 0.2) is 83.0 Å². The summed E-state index contributed by atoms with van der Waals surface area (Å²) in [6.45, 7) is 0.743. The Morgan fingerprint density at radius 2 is 1.65 bits per heavy atom. The van der Waals surface area contributed by atoms with Crippen molar-refractivity contribution in [3.63, 3.8) is 0 Å². The number of carbonyl (C=O) groups excluding carboxylic acids is 1. The van der Waals surface area contributed by atoms with Crippen LogP contribution in [0.3, 0.4) is 0 Å². The maximum atomic E-state index is 13.8. The summed E-state index contributed by atoms with van der Waals surface area (Å²) in [6, 6.07) is 23.4. The number of rotatable bonds is 3. The molecule has 3 aliphatic rings. The van der Waals surface area contributed by atoms with Gasteiger partial charge in [0.2, 0.25) is 0 Å². The summed E-state index contributed by atoms with van der Waals surface area (Å²) in [5, 5.41) is 0. The number of hydrogen-bond acceptors (Lipinski definition) is 3. The summed E-state index contributed by atoms with van der Waals surface area (Å²) < 4.78 is 5.59. The van der Waals surface area contributed by atoms with E-state index >= 15 is 0 Å². The van der Waals surface area contributed by atoms with Gasteiger partial charge in [-0.3, -0.25) is 9.69 Å². The SMILES string of the molecule is CN(C)C1(c2ccccc2)CCC2(CC1)C1=C(CCN2C(=O)c2ccco2)c2ccccc2C1. The Kier molecular flexibility index (Phi) is 5.03. The fraction of sp³-hybridized carbons (Fsp3) is 0.367. The Morgan fingerprint density at radius 1 is 0.912 bits per heavy atom. The van der Waals surface area contributed by atoms with Gasteiger partial charge in [0.05, 0.1) is 11.8 Å². The summed E-state index contributed by atoms with van der Waals surface area (Å²) in [4.78, 5) is 18.3. The molecule has 0 saturated heterocycles. The first-order valence-electron chi connectivity index (χ1n) is 12.4. The van der Waals surface area contributed by atoms with Gasteiger partial charge in [-0.2, -0.15) is 0 Å². The molecule has 34 heavy (non-hydrogen) atoms. The van der Waals surface area contributed by atoms with Crippen LogP contribution in [-0.2, 0) is 12.0 Å². The van der Waals surface area contributed by atoms with Gasteiger partial charge in [0.15, 0.2) is 5.76 Å². The molecule has 1 saturated carbocycles. The first kappa shape index (κ1) is 21.4. The highest BCUT2D eigenvalue weighted by Gasteiger charge is 2.54. The maximum absolute atomic E-state index is 13.8. The number of hydrogen-bond donors (Lipinski definition) is 0. The summed E-state index contributed by atoms with van der Waals surface area (Å²) in [5.74, 6) is 0.482. The highest BCUT2D eigenvalue weighted by Crippen LogP contribution is 2.55. The number of nitrogens with zero attached hydrogens (tertiary/aromatic N) is 2. The van der Waals surface area contributed by atoms with Crippen LogP contribution in [0.5, 0.6) is 0 Å². The van der Waals surface area contributed by atoms with Crippen molar-refractivity contribution in [2.24, 2.45) is 0 Å². The predicted octanol–water partition coefficient (Wildman–Crippen LogP) is 5.91. The molecule has 0 unspecified atom stereocenters. The van der Waals surface area contributed by atoms with E-state index in [4.69, 9.17) is 4.42 Å². The third kappa shape index (κ3) is 3.05. The Hall–Kier alpha value is -3.11. The van der Waals surface area contributed by atoms with Gasteiger partial charge in [-0.25, -0.2) is 0 Å². The zero-order valence-corrected chi connectivity index (χ0v) is 20.1. The second-order valence-electron chi connectivity index (χ2n) is 10.3. The number of furan rings is 1. The van der Waals surface area contributed by atoms with E-state index in [0.717, 1.165) is 45.1 Å². The third-order valence-corrected chi connectivity index (χ3v) is 8.79. The van der Waals surface area contributed by atoms with Crippen molar-refractivity contribution < 1.29 is 9.21 Å². The molecule has 4 heteroatoms. The minimum Gasteiger partial charge on any atom is -0.459 e. The quantitative estimate of drug-likeness (QED) is 0.496. The normalized spacial score (nSPS) is 26.1. The molecule has 174 valence electrons. The lowest BCUT2D eigenvalue weighted by Gasteiger charge is -2.56. The molecule has 2 heterocycles. The van der Waals surface area contributed by atoms with Gasteiger partial charge in [-0.15, -0.1) is 0 Å². The number of benzene rings is 2. The first-order valence-corrected chi connectivity index (χ1v) is 12.4. The van der Waals surface area contributed by atoms with Gasteiger partial charge in [-0.1, -0.05) is 54.6 Å². The van der Waals surface area contributed by atoms with E-state index in [-0.39, 0.29) is 17.0 Å². The van der Waals surface area contributed by atoms with Crippen molar-refractivity contribution in [2.45, 2.75) is 49.6 Å². The average Bonchev–Trinajstić information content (AvgIpc) is 3.54. The van der Waals surface area contributed by atoms with E-state index in [1.165, 1.54) is 27.8 Å². The van der Waals surface area contributed by atoms with Crippen LogP contribution in [0.2, 0.25) is 0 Å². The summed E-state index contributed by atoms with van der Waals surface area (Å²) in [7, 11) is 4.40. The van der Waals surface area contributed by atoms with Gasteiger partial charge >= 0.3 is 0 Å². The molecule has 1 aliphatic heterocycles. The Labute approximate surface area is 201 Å². The van der Waals surface area contributed by atoms with Gasteiger partial charge in [0.1, 0.15) is 0 Å². The van der Waals surface area contributed by atoms with Crippen LogP contribution in [0.4, 0.5) is 0 Å². The average molecular weight is 453 g/mol. The largest absolute Gasteiger partial charge is 0.459 e. The second-order valence-corrected chi connectivity index (χ2v) is 10.3. The van der Waals surface area contributed by atoms with Gasteiger partial charge < -0.3 is 9.32 Å². The molecule has 0 bridgehead atoms. The van der Waals surface area contributed by atoms with Gasteiger partial charge in [-0.05, 0) is 92.6 Å². The molecule has 1 spiro atoms. The highest BCUT2D eigenvalue weighted by molar-refractivity contribution is 5.94. The van der Waals surface area contributed by atoms with Gasteiger partial charge in [0, 0.05) is 12.1 Å². The zero-order chi connectivity index (χ0) is 23.3. The minimum atomic E-state index is -0.259. The van der Waals surface area contributed by atoms with Crippen molar-refractivity contribution in [3.05, 3.63) is 101 Å². The zero-order valence-electron chi connectivity index (χ0n) is 20.1. The third-order valence-electron chi connectivity index (χ3n) is 8.79. The van der Waals surface area contributed by atoms with Crippen molar-refractivity contribution in [3.8, 4) is 0 Å². The van der Waals surface area contributed by atoms with Crippen LogP contribution in [0.1, 0.15) is 59.3 Å². The molecule has 4 nitrogen and oxygen atoms in total. The molecule has 1 aromatic heterocycles. The molecule has 6 rings (SSSR count). The van der Waals surface area contributed by atoms with E-state index in [9.17, 15) is 4.79 Å². The van der Waals surface area contributed by atoms with E-state index in [1.54, 1.807) is 12.3 Å². The van der Waals surface area contributed by atoms with E-state index in [0.29, 0.717) is 5.76 Å². The number of amides is 1. The Bertz CT molecular complexity index is 1230. The molecule has 0 radical (unpaired) electrons. The lowest BCUT2D eigenvalue weighted by Crippen LogP contribution is -2.60. The van der Waals surface area contributed by atoms with Crippen LogP contribution in [0.25, 0.3) is 5.57 Å². The molecule has 1 amide bonds. The minimum absolute atomic E-state index is 0.0183. The fourth-order valence-corrected chi connectivity index (χ4v) is 6.98. The van der Waals surface area contributed by atoms with E-state index in [2.05, 4.69) is 78.5 Å². The summed E-state index contributed by atoms with van der Waals surface area (Å²) in [6.07, 6.45) is 7.41. The smallest absolute Gasteiger partial charge is 0.290 e. The summed E-state index contributed by atoms with van der Waals surface area (Å²) >= 11 is 0. The van der Waals surface area contributed by atoms with Crippen LogP contribution >= 0.6 is 0 Å². The van der Waals surface area contributed by atoms with Crippen molar-refractivity contribution >= 4 is 11.5 Å². The number of carbonyl (C=O) groups is 1. The lowest BCUT2D eigenvalue weighted by molar-refractivity contribution is 0.00564. The monoisotopic (exact) mass is 452 g/mol. The van der Waals surface area contributed by atoms with Crippen LogP contribution < -0.4 is 0 Å². The molecular formula is C30H32N2O2. The fourth-order valence-electron chi connectivity index (χ4n) is 6.98. The standard InChI is InChI=1S/C30H32N2O2/c1-31(2)29(23-10-4-3-5-11-23)15-17-30(18-16-29)26-21-22-9-6-7-12-24(22)25(26)14-19-32(30)28(33)27-13-8-20-34-27/h3-13,20H,14-19,21H2,1-2H3. The van der Waals surface area contributed by atoms with E-state index in [1.807, 2.05) is 6.07 Å². The van der Waals surface area contributed by atoms with Crippen LogP contribution in [0, 0.1) is 0 Å². The van der Waals surface area contributed by atoms with Crippen molar-refractivity contribution in [1.29, 1.82) is 0 Å².